The molecule has 0 fully saturated rings. The Labute approximate surface area is 174 Å². The number of amides is 3. The summed E-state index contributed by atoms with van der Waals surface area (Å²) in [5, 5.41) is 5.76. The fourth-order valence-corrected chi connectivity index (χ4v) is 3.09. The van der Waals surface area contributed by atoms with Gasteiger partial charge in [-0.2, -0.15) is 0 Å². The summed E-state index contributed by atoms with van der Waals surface area (Å²) in [7, 11) is 3.08. The summed E-state index contributed by atoms with van der Waals surface area (Å²) in [6, 6.07) is 13.8. The lowest BCUT2D eigenvalue weighted by Gasteiger charge is -2.14. The van der Waals surface area contributed by atoms with Crippen molar-refractivity contribution in [3.63, 3.8) is 0 Å². The number of rotatable bonds is 8. The molecule has 3 rings (SSSR count). The summed E-state index contributed by atoms with van der Waals surface area (Å²) in [5.74, 6) is -0.338. The SMILES string of the molecule is COCCN1C(=O)C(Nc2ccc(OC)cc2)=C(c2ccc(NC(C)=O)cc2)C1=O. The summed E-state index contributed by atoms with van der Waals surface area (Å²) in [5.41, 5.74) is 2.27. The predicted molar refractivity (Wildman–Crippen MR) is 113 cm³/mol. The predicted octanol–water partition coefficient (Wildman–Crippen LogP) is 2.49. The van der Waals surface area contributed by atoms with E-state index in [1.165, 1.54) is 14.0 Å². The number of hydrogen-bond acceptors (Lipinski definition) is 6. The van der Waals surface area contributed by atoms with Crippen molar-refractivity contribution < 1.29 is 23.9 Å². The number of carbonyl (C=O) groups is 3. The van der Waals surface area contributed by atoms with Crippen LogP contribution in [0.2, 0.25) is 0 Å². The molecule has 0 radical (unpaired) electrons. The van der Waals surface area contributed by atoms with E-state index in [1.807, 2.05) is 0 Å². The average molecular weight is 409 g/mol. The standard InChI is InChI=1S/C22H23N3O5/c1-14(26)23-16-6-4-15(5-7-16)19-20(22(28)25(21(19)27)12-13-29-2)24-17-8-10-18(30-3)11-9-17/h4-11,24H,12-13H2,1-3H3,(H,23,26). The first-order valence-electron chi connectivity index (χ1n) is 9.33. The molecule has 3 amide bonds. The van der Waals surface area contributed by atoms with Crippen LogP contribution in [0, 0.1) is 0 Å². The van der Waals surface area contributed by atoms with Gasteiger partial charge < -0.3 is 20.1 Å². The molecule has 0 spiro atoms. The van der Waals surface area contributed by atoms with Gasteiger partial charge in [-0.3, -0.25) is 19.3 Å². The number of benzene rings is 2. The van der Waals surface area contributed by atoms with Crippen LogP contribution < -0.4 is 15.4 Å². The van der Waals surface area contributed by atoms with Crippen LogP contribution >= 0.6 is 0 Å². The Balaban J connectivity index is 1.97. The molecule has 1 heterocycles. The molecule has 30 heavy (non-hydrogen) atoms. The van der Waals surface area contributed by atoms with Gasteiger partial charge in [-0.25, -0.2) is 0 Å². The second-order valence-electron chi connectivity index (χ2n) is 6.62. The van der Waals surface area contributed by atoms with Gasteiger partial charge in [0.1, 0.15) is 11.4 Å². The molecule has 0 atom stereocenters. The molecule has 2 aromatic rings. The first-order chi connectivity index (χ1) is 14.4. The molecule has 156 valence electrons. The lowest BCUT2D eigenvalue weighted by Crippen LogP contribution is -2.35. The van der Waals surface area contributed by atoms with Gasteiger partial charge in [-0.15, -0.1) is 0 Å². The van der Waals surface area contributed by atoms with Gasteiger partial charge in [0.2, 0.25) is 5.91 Å². The van der Waals surface area contributed by atoms with Crippen LogP contribution in [0.3, 0.4) is 0 Å². The van der Waals surface area contributed by atoms with Crippen LogP contribution in [0.4, 0.5) is 11.4 Å². The highest BCUT2D eigenvalue weighted by molar-refractivity contribution is 6.36. The van der Waals surface area contributed by atoms with Gasteiger partial charge in [0.05, 0.1) is 25.8 Å². The molecule has 2 N–H and O–H groups in total. The van der Waals surface area contributed by atoms with Crippen LogP contribution in [0.5, 0.6) is 5.75 Å². The van der Waals surface area contributed by atoms with Crippen molar-refractivity contribution in [2.24, 2.45) is 0 Å². The zero-order chi connectivity index (χ0) is 21.7. The summed E-state index contributed by atoms with van der Waals surface area (Å²) >= 11 is 0. The van der Waals surface area contributed by atoms with Crippen molar-refractivity contribution in [2.45, 2.75) is 6.92 Å². The number of carbonyl (C=O) groups excluding carboxylic acids is 3. The van der Waals surface area contributed by atoms with E-state index in [9.17, 15) is 14.4 Å². The molecule has 0 saturated carbocycles. The number of nitrogens with one attached hydrogen (secondary N) is 2. The zero-order valence-corrected chi connectivity index (χ0v) is 17.0. The van der Waals surface area contributed by atoms with Crippen molar-refractivity contribution in [1.82, 2.24) is 4.90 Å². The van der Waals surface area contributed by atoms with E-state index in [0.717, 1.165) is 4.90 Å². The van der Waals surface area contributed by atoms with Crippen LogP contribution in [0.1, 0.15) is 12.5 Å². The fourth-order valence-electron chi connectivity index (χ4n) is 3.09. The largest absolute Gasteiger partial charge is 0.497 e. The van der Waals surface area contributed by atoms with Crippen LogP contribution in [0.25, 0.3) is 5.57 Å². The smallest absolute Gasteiger partial charge is 0.278 e. The molecular weight excluding hydrogens is 386 g/mol. The Morgan fingerprint density at radius 1 is 0.933 bits per heavy atom. The van der Waals surface area contributed by atoms with E-state index < -0.39 is 11.8 Å². The second kappa shape index (κ2) is 9.23. The maximum absolute atomic E-state index is 13.0. The number of imide groups is 1. The Hall–Kier alpha value is -3.65. The van der Waals surface area contributed by atoms with Crippen molar-refractivity contribution in [2.75, 3.05) is 38.0 Å². The first-order valence-corrected chi connectivity index (χ1v) is 9.33. The third-order valence-electron chi connectivity index (χ3n) is 4.54. The highest BCUT2D eigenvalue weighted by atomic mass is 16.5. The Bertz CT molecular complexity index is 981. The van der Waals surface area contributed by atoms with Gasteiger partial charge in [0.15, 0.2) is 0 Å². The minimum Gasteiger partial charge on any atom is -0.497 e. The van der Waals surface area contributed by atoms with Gasteiger partial charge >= 0.3 is 0 Å². The van der Waals surface area contributed by atoms with Crippen LogP contribution in [0.15, 0.2) is 54.2 Å². The molecule has 1 aliphatic rings. The third-order valence-corrected chi connectivity index (χ3v) is 4.54. The number of anilines is 2. The molecule has 0 unspecified atom stereocenters. The second-order valence-corrected chi connectivity index (χ2v) is 6.62. The Morgan fingerprint density at radius 2 is 1.57 bits per heavy atom. The molecule has 0 bridgehead atoms. The average Bonchev–Trinajstić information content (AvgIpc) is 2.96. The third kappa shape index (κ3) is 4.49. The number of ether oxygens (including phenoxy) is 2. The van der Waals surface area contributed by atoms with Gasteiger partial charge in [-0.1, -0.05) is 12.1 Å². The quantitative estimate of drug-likeness (QED) is 0.651. The van der Waals surface area contributed by atoms with Crippen LogP contribution in [-0.2, 0) is 19.1 Å². The summed E-state index contributed by atoms with van der Waals surface area (Å²) in [4.78, 5) is 38.4. The fraction of sp³-hybridized carbons (Fsp3) is 0.227. The summed E-state index contributed by atoms with van der Waals surface area (Å²) in [6.45, 7) is 1.80. The number of nitrogens with zero attached hydrogens (tertiary/aromatic N) is 1. The van der Waals surface area contributed by atoms with Crippen molar-refractivity contribution >= 4 is 34.7 Å². The first kappa shape index (κ1) is 21.1. The molecule has 8 nitrogen and oxygen atoms in total. The molecule has 0 saturated heterocycles. The van der Waals surface area contributed by atoms with Crippen LogP contribution in [-0.4, -0.2) is 50.0 Å². The Kier molecular flexibility index (Phi) is 6.48. The minimum absolute atomic E-state index is 0.148. The normalized spacial score (nSPS) is 13.6. The Morgan fingerprint density at radius 3 is 2.13 bits per heavy atom. The number of methoxy groups -OCH3 is 2. The van der Waals surface area contributed by atoms with Gasteiger partial charge in [-0.05, 0) is 42.0 Å². The van der Waals surface area contributed by atoms with E-state index in [0.29, 0.717) is 22.7 Å². The van der Waals surface area contributed by atoms with E-state index >= 15 is 0 Å². The van der Waals surface area contributed by atoms with E-state index in [1.54, 1.807) is 55.6 Å². The molecule has 2 aromatic carbocycles. The monoisotopic (exact) mass is 409 g/mol. The van der Waals surface area contributed by atoms with E-state index in [4.69, 9.17) is 9.47 Å². The maximum Gasteiger partial charge on any atom is 0.278 e. The van der Waals surface area contributed by atoms with Gasteiger partial charge in [0, 0.05) is 25.4 Å². The molecular formula is C22H23N3O5. The molecule has 0 aromatic heterocycles. The van der Waals surface area contributed by atoms with Gasteiger partial charge in [0.25, 0.3) is 11.8 Å². The number of hydrogen-bond donors (Lipinski definition) is 2. The lowest BCUT2D eigenvalue weighted by molar-refractivity contribution is -0.137. The van der Waals surface area contributed by atoms with Crippen molar-refractivity contribution in [3.05, 3.63) is 59.8 Å². The molecule has 1 aliphatic heterocycles. The van der Waals surface area contributed by atoms with E-state index in [2.05, 4.69) is 10.6 Å². The van der Waals surface area contributed by atoms with E-state index in [-0.39, 0.29) is 30.3 Å². The molecule has 8 heteroatoms. The highest BCUT2D eigenvalue weighted by Crippen LogP contribution is 2.31. The van der Waals surface area contributed by atoms with Crippen molar-refractivity contribution in [1.29, 1.82) is 0 Å². The maximum atomic E-state index is 13.0. The molecule has 0 aliphatic carbocycles. The minimum atomic E-state index is -0.422. The summed E-state index contributed by atoms with van der Waals surface area (Å²) < 4.78 is 10.2. The zero-order valence-electron chi connectivity index (χ0n) is 17.0. The highest BCUT2D eigenvalue weighted by Gasteiger charge is 2.38. The summed E-state index contributed by atoms with van der Waals surface area (Å²) in [6.07, 6.45) is 0. The van der Waals surface area contributed by atoms with Crippen molar-refractivity contribution in [3.8, 4) is 5.75 Å². The topological polar surface area (TPSA) is 97.0 Å². The lowest BCUT2D eigenvalue weighted by atomic mass is 10.0.